The lowest BCUT2D eigenvalue weighted by atomic mass is 10.2. The molecule has 0 radical (unpaired) electrons. The van der Waals surface area contributed by atoms with Crippen LogP contribution in [-0.4, -0.2) is 36.8 Å². The third kappa shape index (κ3) is 4.66. The molecule has 0 saturated carbocycles. The van der Waals surface area contributed by atoms with Crippen LogP contribution in [0.5, 0.6) is 23.1 Å². The Morgan fingerprint density at radius 1 is 1.03 bits per heavy atom. The second-order valence-corrected chi connectivity index (χ2v) is 6.37. The first-order valence-electron chi connectivity index (χ1n) is 9.25. The summed E-state index contributed by atoms with van der Waals surface area (Å²) in [6.07, 6.45) is 2.32. The van der Waals surface area contributed by atoms with Gasteiger partial charge in [0.25, 0.3) is 0 Å². The number of rotatable bonds is 7. The maximum Gasteiger partial charge on any atom is 0.319 e. The van der Waals surface area contributed by atoms with Crippen LogP contribution in [-0.2, 0) is 0 Å². The molecule has 0 bridgehead atoms. The first kappa shape index (κ1) is 20.2. The van der Waals surface area contributed by atoms with Crippen LogP contribution >= 0.6 is 0 Å². The van der Waals surface area contributed by atoms with Crippen LogP contribution in [0.25, 0.3) is 10.9 Å². The fourth-order valence-corrected chi connectivity index (χ4v) is 2.80. The molecule has 0 fully saturated rings. The van der Waals surface area contributed by atoms with E-state index < -0.39 is 0 Å². The molecule has 3 aromatic rings. The summed E-state index contributed by atoms with van der Waals surface area (Å²) in [5.74, 6) is 2.17. The molecular formula is C21H24N4O4. The third-order valence-electron chi connectivity index (χ3n) is 4.28. The first-order chi connectivity index (χ1) is 14.0. The van der Waals surface area contributed by atoms with Gasteiger partial charge in [-0.3, -0.25) is 0 Å². The third-order valence-corrected chi connectivity index (χ3v) is 4.28. The van der Waals surface area contributed by atoms with Crippen molar-refractivity contribution in [2.45, 2.75) is 20.3 Å². The Morgan fingerprint density at radius 2 is 1.79 bits per heavy atom. The Kier molecular flexibility index (Phi) is 6.33. The van der Waals surface area contributed by atoms with Gasteiger partial charge in [-0.25, -0.2) is 14.8 Å². The molecule has 8 nitrogen and oxygen atoms in total. The number of aromatic nitrogens is 2. The Bertz CT molecular complexity index is 1020. The lowest BCUT2D eigenvalue weighted by Gasteiger charge is -2.13. The molecule has 29 heavy (non-hydrogen) atoms. The van der Waals surface area contributed by atoms with Crippen molar-refractivity contribution in [3.63, 3.8) is 0 Å². The molecule has 0 atom stereocenters. The van der Waals surface area contributed by atoms with Crippen molar-refractivity contribution < 1.29 is 19.0 Å². The molecule has 0 aliphatic rings. The summed E-state index contributed by atoms with van der Waals surface area (Å²) in [7, 11) is 3.14. The monoisotopic (exact) mass is 396 g/mol. The van der Waals surface area contributed by atoms with E-state index in [0.29, 0.717) is 46.3 Å². The molecule has 2 N–H and O–H groups in total. The minimum Gasteiger partial charge on any atom is -0.493 e. The fraction of sp³-hybridized carbons (Fsp3) is 0.286. The van der Waals surface area contributed by atoms with Gasteiger partial charge in [-0.1, -0.05) is 6.92 Å². The minimum atomic E-state index is -0.234. The maximum absolute atomic E-state index is 11.8. The molecule has 3 rings (SSSR count). The summed E-state index contributed by atoms with van der Waals surface area (Å²) in [4.78, 5) is 20.4. The van der Waals surface area contributed by atoms with Gasteiger partial charge in [-0.15, -0.1) is 0 Å². The second-order valence-electron chi connectivity index (χ2n) is 6.37. The van der Waals surface area contributed by atoms with E-state index in [1.165, 1.54) is 6.33 Å². The van der Waals surface area contributed by atoms with Gasteiger partial charge in [0.05, 0.1) is 25.1 Å². The minimum absolute atomic E-state index is 0.234. The van der Waals surface area contributed by atoms with E-state index in [9.17, 15) is 4.79 Å². The predicted octanol–water partition coefficient (Wildman–Crippen LogP) is 4.28. The zero-order chi connectivity index (χ0) is 20.8. The van der Waals surface area contributed by atoms with Crippen LogP contribution in [0.3, 0.4) is 0 Å². The number of methoxy groups -OCH3 is 2. The van der Waals surface area contributed by atoms with Gasteiger partial charge < -0.3 is 24.8 Å². The number of fused-ring (bicyclic) bond motifs is 1. The van der Waals surface area contributed by atoms with Gasteiger partial charge in [0.1, 0.15) is 12.1 Å². The van der Waals surface area contributed by atoms with Crippen LogP contribution in [0.1, 0.15) is 18.9 Å². The molecule has 0 saturated heterocycles. The van der Waals surface area contributed by atoms with Crippen LogP contribution in [0.15, 0.2) is 36.7 Å². The van der Waals surface area contributed by atoms with Crippen molar-refractivity contribution in [3.05, 3.63) is 42.2 Å². The number of nitrogens with zero attached hydrogens (tertiary/aromatic N) is 2. The summed E-state index contributed by atoms with van der Waals surface area (Å²) in [5, 5.41) is 6.28. The number of carbonyl (C=O) groups excluding carboxylic acids is 1. The molecule has 1 heterocycles. The zero-order valence-electron chi connectivity index (χ0n) is 16.9. The second kappa shape index (κ2) is 9.09. The Balaban J connectivity index is 1.86. The number of nitrogens with one attached hydrogen (secondary N) is 2. The molecule has 8 heteroatoms. The van der Waals surface area contributed by atoms with E-state index in [-0.39, 0.29) is 6.03 Å². The maximum atomic E-state index is 11.8. The number of benzene rings is 2. The number of hydrogen-bond acceptors (Lipinski definition) is 6. The van der Waals surface area contributed by atoms with Gasteiger partial charge in [0.2, 0.25) is 5.88 Å². The van der Waals surface area contributed by atoms with Crippen LogP contribution < -0.4 is 24.8 Å². The molecule has 0 unspecified atom stereocenters. The summed E-state index contributed by atoms with van der Waals surface area (Å²) in [5.41, 5.74) is 2.21. The van der Waals surface area contributed by atoms with Crippen molar-refractivity contribution in [2.24, 2.45) is 0 Å². The SMILES string of the molecule is CCCNC(=O)Nc1ccc(Oc2ncnc3cc(OC)c(OC)cc23)c(C)c1. The number of urea groups is 1. The average Bonchev–Trinajstić information content (AvgIpc) is 2.73. The highest BCUT2D eigenvalue weighted by Crippen LogP contribution is 2.36. The quantitative estimate of drug-likeness (QED) is 0.619. The summed E-state index contributed by atoms with van der Waals surface area (Å²) >= 11 is 0. The lowest BCUT2D eigenvalue weighted by Crippen LogP contribution is -2.29. The van der Waals surface area contributed by atoms with Crippen molar-refractivity contribution in [2.75, 3.05) is 26.1 Å². The highest BCUT2D eigenvalue weighted by Gasteiger charge is 2.13. The normalized spacial score (nSPS) is 10.5. The Morgan fingerprint density at radius 3 is 2.48 bits per heavy atom. The van der Waals surface area contributed by atoms with Crippen LogP contribution in [0.2, 0.25) is 0 Å². The summed E-state index contributed by atoms with van der Waals surface area (Å²) in [6.45, 7) is 4.53. The molecule has 2 amide bonds. The highest BCUT2D eigenvalue weighted by atomic mass is 16.5. The molecule has 0 aliphatic carbocycles. The largest absolute Gasteiger partial charge is 0.493 e. The van der Waals surface area contributed by atoms with E-state index in [0.717, 1.165) is 12.0 Å². The van der Waals surface area contributed by atoms with Gasteiger partial charge >= 0.3 is 6.03 Å². The van der Waals surface area contributed by atoms with Crippen LogP contribution in [0.4, 0.5) is 10.5 Å². The van der Waals surface area contributed by atoms with E-state index in [1.807, 2.05) is 19.9 Å². The molecule has 1 aromatic heterocycles. The van der Waals surface area contributed by atoms with Crippen molar-refractivity contribution in [1.82, 2.24) is 15.3 Å². The van der Waals surface area contributed by atoms with E-state index in [4.69, 9.17) is 14.2 Å². The van der Waals surface area contributed by atoms with Gasteiger partial charge in [0.15, 0.2) is 11.5 Å². The lowest BCUT2D eigenvalue weighted by molar-refractivity contribution is 0.252. The first-order valence-corrected chi connectivity index (χ1v) is 9.25. The smallest absolute Gasteiger partial charge is 0.319 e. The van der Waals surface area contributed by atoms with E-state index in [1.54, 1.807) is 38.5 Å². The van der Waals surface area contributed by atoms with E-state index in [2.05, 4.69) is 20.6 Å². The molecule has 0 spiro atoms. The number of carbonyl (C=O) groups is 1. The van der Waals surface area contributed by atoms with Gasteiger partial charge in [-0.2, -0.15) is 0 Å². The van der Waals surface area contributed by atoms with Gasteiger partial charge in [-0.05, 0) is 43.2 Å². The molecule has 0 aliphatic heterocycles. The highest BCUT2D eigenvalue weighted by molar-refractivity contribution is 5.89. The van der Waals surface area contributed by atoms with Crippen molar-refractivity contribution in [3.8, 4) is 23.1 Å². The molecule has 152 valence electrons. The number of amides is 2. The number of aryl methyl sites for hydroxylation is 1. The summed E-state index contributed by atoms with van der Waals surface area (Å²) in [6, 6.07) is 8.74. The Hall–Kier alpha value is -3.55. The average molecular weight is 396 g/mol. The van der Waals surface area contributed by atoms with Crippen molar-refractivity contribution >= 4 is 22.6 Å². The van der Waals surface area contributed by atoms with Crippen LogP contribution in [0, 0.1) is 6.92 Å². The fourth-order valence-electron chi connectivity index (χ4n) is 2.80. The molecular weight excluding hydrogens is 372 g/mol. The Labute approximate surface area is 169 Å². The van der Waals surface area contributed by atoms with E-state index >= 15 is 0 Å². The number of anilines is 1. The van der Waals surface area contributed by atoms with Gasteiger partial charge in [0, 0.05) is 18.3 Å². The zero-order valence-corrected chi connectivity index (χ0v) is 16.9. The number of ether oxygens (including phenoxy) is 3. The topological polar surface area (TPSA) is 94.6 Å². The van der Waals surface area contributed by atoms with Crippen molar-refractivity contribution in [1.29, 1.82) is 0 Å². The summed E-state index contributed by atoms with van der Waals surface area (Å²) < 4.78 is 16.7. The standard InChI is InChI=1S/C21H24N4O4/c1-5-8-22-21(26)25-14-6-7-17(13(2)9-14)29-20-15-10-18(27-3)19(28-4)11-16(15)23-12-24-20/h6-7,9-12H,5,8H2,1-4H3,(H2,22,25,26). The number of hydrogen-bond donors (Lipinski definition) is 2. The predicted molar refractivity (Wildman–Crippen MR) is 111 cm³/mol. The molecule has 2 aromatic carbocycles.